The SMILES string of the molecule is Cc1ccc(C2=N[C@@H](CC(=O)OC(C)(C)C)c3nnc(C)n3-c3sc(C(N)=O)c(C)c32)cc1. The summed E-state index contributed by atoms with van der Waals surface area (Å²) in [5.41, 5.74) is 9.30. The van der Waals surface area contributed by atoms with E-state index in [-0.39, 0.29) is 12.4 Å². The number of carbonyl (C=O) groups excluding carboxylic acids is 2. The second-order valence-corrected chi connectivity index (χ2v) is 10.2. The molecule has 172 valence electrons. The number of amides is 1. The van der Waals surface area contributed by atoms with Crippen LogP contribution < -0.4 is 5.73 Å². The van der Waals surface area contributed by atoms with E-state index in [0.29, 0.717) is 22.2 Å². The average molecular weight is 466 g/mol. The molecule has 0 saturated heterocycles. The summed E-state index contributed by atoms with van der Waals surface area (Å²) in [4.78, 5) is 30.4. The first kappa shape index (κ1) is 22.8. The summed E-state index contributed by atoms with van der Waals surface area (Å²) in [6, 6.07) is 7.39. The molecule has 4 rings (SSSR count). The quantitative estimate of drug-likeness (QED) is 0.586. The van der Waals surface area contributed by atoms with E-state index < -0.39 is 17.6 Å². The van der Waals surface area contributed by atoms with Crippen LogP contribution in [0.4, 0.5) is 0 Å². The van der Waals surface area contributed by atoms with Gasteiger partial charge in [0, 0.05) is 11.1 Å². The molecule has 8 nitrogen and oxygen atoms in total. The standard InChI is InChI=1S/C24H27N5O3S/c1-12-7-9-15(10-8-12)19-18-13(2)20(21(25)31)33-23(18)29-14(3)27-28-22(29)16(26-19)11-17(30)32-24(4,5)6/h7-10,16H,11H2,1-6H3,(H2,25,31)/t16-/m0/s1. The number of primary amides is 1. The number of rotatable bonds is 4. The van der Waals surface area contributed by atoms with Crippen LogP contribution in [-0.2, 0) is 9.53 Å². The van der Waals surface area contributed by atoms with Gasteiger partial charge in [0.2, 0.25) is 0 Å². The Labute approximate surface area is 196 Å². The third-order valence-corrected chi connectivity index (χ3v) is 6.62. The van der Waals surface area contributed by atoms with Crippen molar-refractivity contribution in [2.24, 2.45) is 10.7 Å². The lowest BCUT2D eigenvalue weighted by molar-refractivity contribution is -0.155. The number of nitrogens with two attached hydrogens (primary N) is 1. The molecule has 2 aromatic heterocycles. The predicted octanol–water partition coefficient (Wildman–Crippen LogP) is 3.98. The Bertz CT molecular complexity index is 1280. The van der Waals surface area contributed by atoms with Gasteiger partial charge >= 0.3 is 5.97 Å². The average Bonchev–Trinajstić information content (AvgIpc) is 3.20. The normalized spacial score (nSPS) is 15.3. The molecule has 1 aromatic carbocycles. The Morgan fingerprint density at radius 2 is 1.79 bits per heavy atom. The van der Waals surface area contributed by atoms with E-state index in [4.69, 9.17) is 15.5 Å². The second kappa shape index (κ2) is 8.22. The van der Waals surface area contributed by atoms with Crippen LogP contribution >= 0.6 is 11.3 Å². The monoisotopic (exact) mass is 465 g/mol. The summed E-state index contributed by atoms with van der Waals surface area (Å²) in [6.45, 7) is 11.2. The topological polar surface area (TPSA) is 112 Å². The number of hydrogen-bond acceptors (Lipinski definition) is 7. The lowest BCUT2D eigenvalue weighted by Crippen LogP contribution is -2.25. The Hall–Kier alpha value is -3.33. The minimum atomic E-state index is -0.611. The lowest BCUT2D eigenvalue weighted by atomic mass is 9.98. The van der Waals surface area contributed by atoms with Crippen molar-refractivity contribution in [1.82, 2.24) is 14.8 Å². The minimum absolute atomic E-state index is 0.0153. The van der Waals surface area contributed by atoms with Gasteiger partial charge in [0.05, 0.1) is 17.0 Å². The van der Waals surface area contributed by atoms with Crippen molar-refractivity contribution in [1.29, 1.82) is 0 Å². The van der Waals surface area contributed by atoms with Crippen molar-refractivity contribution < 1.29 is 14.3 Å². The van der Waals surface area contributed by atoms with Crippen molar-refractivity contribution in [2.75, 3.05) is 0 Å². The molecule has 0 fully saturated rings. The Balaban J connectivity index is 1.95. The molecule has 0 unspecified atom stereocenters. The molecule has 1 aliphatic rings. The molecule has 2 N–H and O–H groups in total. The Morgan fingerprint density at radius 3 is 2.39 bits per heavy atom. The fourth-order valence-corrected chi connectivity index (χ4v) is 5.12. The van der Waals surface area contributed by atoms with Crippen LogP contribution in [0, 0.1) is 20.8 Å². The van der Waals surface area contributed by atoms with E-state index in [1.165, 1.54) is 11.3 Å². The van der Waals surface area contributed by atoms with E-state index in [9.17, 15) is 9.59 Å². The van der Waals surface area contributed by atoms with Gasteiger partial charge in [-0.3, -0.25) is 19.1 Å². The van der Waals surface area contributed by atoms with E-state index in [1.54, 1.807) is 0 Å². The van der Waals surface area contributed by atoms with Crippen LogP contribution in [0.2, 0.25) is 0 Å². The van der Waals surface area contributed by atoms with Crippen LogP contribution in [0.15, 0.2) is 29.3 Å². The number of fused-ring (bicyclic) bond motifs is 3. The molecule has 0 saturated carbocycles. The number of ether oxygens (including phenoxy) is 1. The van der Waals surface area contributed by atoms with Crippen LogP contribution in [0.3, 0.4) is 0 Å². The number of benzene rings is 1. The minimum Gasteiger partial charge on any atom is -0.460 e. The molecule has 0 bridgehead atoms. The summed E-state index contributed by atoms with van der Waals surface area (Å²) in [7, 11) is 0. The van der Waals surface area contributed by atoms with Gasteiger partial charge in [-0.05, 0) is 47.1 Å². The van der Waals surface area contributed by atoms with E-state index in [0.717, 1.165) is 27.3 Å². The van der Waals surface area contributed by atoms with E-state index >= 15 is 0 Å². The maximum absolute atomic E-state index is 12.8. The van der Waals surface area contributed by atoms with Gasteiger partial charge in [0.25, 0.3) is 5.91 Å². The molecule has 3 aromatic rings. The summed E-state index contributed by atoms with van der Waals surface area (Å²) in [5.74, 6) is 0.301. The summed E-state index contributed by atoms with van der Waals surface area (Å²) >= 11 is 1.29. The Morgan fingerprint density at radius 1 is 1.12 bits per heavy atom. The van der Waals surface area contributed by atoms with Gasteiger partial charge in [-0.15, -0.1) is 21.5 Å². The van der Waals surface area contributed by atoms with Gasteiger partial charge in [-0.25, -0.2) is 0 Å². The first-order valence-electron chi connectivity index (χ1n) is 10.7. The molecule has 0 aliphatic carbocycles. The predicted molar refractivity (Wildman–Crippen MR) is 127 cm³/mol. The van der Waals surface area contributed by atoms with Crippen LogP contribution in [0.25, 0.3) is 5.00 Å². The molecule has 3 heterocycles. The van der Waals surface area contributed by atoms with Gasteiger partial charge in [-0.1, -0.05) is 29.8 Å². The van der Waals surface area contributed by atoms with Crippen LogP contribution in [0.1, 0.15) is 76.8 Å². The molecular formula is C24H27N5O3S. The molecular weight excluding hydrogens is 438 g/mol. The molecule has 1 aliphatic heterocycles. The van der Waals surface area contributed by atoms with Gasteiger partial charge in [-0.2, -0.15) is 0 Å². The number of aromatic nitrogens is 3. The van der Waals surface area contributed by atoms with Crippen molar-refractivity contribution in [3.05, 3.63) is 63.0 Å². The highest BCUT2D eigenvalue weighted by molar-refractivity contribution is 7.17. The second-order valence-electron chi connectivity index (χ2n) is 9.19. The lowest BCUT2D eigenvalue weighted by Gasteiger charge is -2.21. The zero-order chi connectivity index (χ0) is 24.1. The highest BCUT2D eigenvalue weighted by Gasteiger charge is 2.34. The summed E-state index contributed by atoms with van der Waals surface area (Å²) in [6.07, 6.45) is 0.0153. The smallest absolute Gasteiger partial charge is 0.308 e. The fraction of sp³-hybridized carbons (Fsp3) is 0.375. The first-order chi connectivity index (χ1) is 15.5. The van der Waals surface area contributed by atoms with E-state index in [1.807, 2.05) is 70.4 Å². The van der Waals surface area contributed by atoms with E-state index in [2.05, 4.69) is 10.2 Å². The zero-order valence-electron chi connectivity index (χ0n) is 19.6. The van der Waals surface area contributed by atoms with Crippen molar-refractivity contribution >= 4 is 28.9 Å². The largest absolute Gasteiger partial charge is 0.460 e. The molecule has 0 radical (unpaired) electrons. The molecule has 9 heteroatoms. The third-order valence-electron chi connectivity index (χ3n) is 5.33. The maximum Gasteiger partial charge on any atom is 0.308 e. The fourth-order valence-electron chi connectivity index (χ4n) is 3.90. The molecule has 0 spiro atoms. The van der Waals surface area contributed by atoms with Gasteiger partial charge in [0.1, 0.15) is 22.5 Å². The van der Waals surface area contributed by atoms with Crippen LogP contribution in [-0.4, -0.2) is 38.0 Å². The number of thiophene rings is 1. The number of carbonyl (C=O) groups is 2. The summed E-state index contributed by atoms with van der Waals surface area (Å²) in [5, 5.41) is 9.38. The van der Waals surface area contributed by atoms with Crippen molar-refractivity contribution in [3.63, 3.8) is 0 Å². The summed E-state index contributed by atoms with van der Waals surface area (Å²) < 4.78 is 7.44. The maximum atomic E-state index is 12.8. The van der Waals surface area contributed by atoms with Crippen molar-refractivity contribution in [3.8, 4) is 5.00 Å². The van der Waals surface area contributed by atoms with Crippen molar-refractivity contribution in [2.45, 2.75) is 59.6 Å². The molecule has 1 amide bonds. The highest BCUT2D eigenvalue weighted by atomic mass is 32.1. The Kier molecular flexibility index (Phi) is 5.69. The number of aryl methyl sites for hydroxylation is 2. The molecule has 33 heavy (non-hydrogen) atoms. The number of esters is 1. The van der Waals surface area contributed by atoms with Gasteiger partial charge < -0.3 is 10.5 Å². The first-order valence-corrected chi connectivity index (χ1v) is 11.5. The third kappa shape index (κ3) is 4.32. The molecule has 1 atom stereocenters. The zero-order valence-corrected chi connectivity index (χ0v) is 20.4. The van der Waals surface area contributed by atoms with Gasteiger partial charge in [0.15, 0.2) is 5.82 Å². The highest BCUT2D eigenvalue weighted by Crippen LogP contribution is 2.40. The number of aliphatic imine (C=N–C) groups is 1. The number of hydrogen-bond donors (Lipinski definition) is 1. The number of nitrogens with zero attached hydrogens (tertiary/aromatic N) is 4. The van der Waals surface area contributed by atoms with Crippen LogP contribution in [0.5, 0.6) is 0 Å².